The van der Waals surface area contributed by atoms with Gasteiger partial charge in [-0.05, 0) is 93.9 Å². The third-order valence-electron chi connectivity index (χ3n) is 11.4. The fourth-order valence-electron chi connectivity index (χ4n) is 8.46. The highest BCUT2D eigenvalue weighted by Crippen LogP contribution is 2.50. The molecule has 4 saturated heterocycles. The molecular weight excluding hydrogens is 790 g/mol. The molecule has 7 rings (SSSR count). The summed E-state index contributed by atoms with van der Waals surface area (Å²) in [5.74, 6) is -1.25. The van der Waals surface area contributed by atoms with Gasteiger partial charge in [0.1, 0.15) is 18.1 Å². The number of halogens is 3. The largest absolute Gasteiger partial charge is 0.462 e. The van der Waals surface area contributed by atoms with E-state index in [4.69, 9.17) is 14.0 Å². The van der Waals surface area contributed by atoms with E-state index in [-0.39, 0.29) is 29.7 Å². The van der Waals surface area contributed by atoms with Crippen LogP contribution >= 0.6 is 18.9 Å². The van der Waals surface area contributed by atoms with E-state index < -0.39 is 62.6 Å². The predicted octanol–water partition coefficient (Wildman–Crippen LogP) is 4.31. The van der Waals surface area contributed by atoms with Crippen LogP contribution in [0, 0.1) is 17.8 Å². The van der Waals surface area contributed by atoms with Gasteiger partial charge in [0, 0.05) is 36.9 Å². The number of rotatable bonds is 12. The number of esters is 1. The van der Waals surface area contributed by atoms with Gasteiger partial charge in [-0.3, -0.25) is 28.5 Å². The number of hydrogen-bond acceptors (Lipinski definition) is 10. The molecule has 312 valence electrons. The van der Waals surface area contributed by atoms with Crippen molar-refractivity contribution in [3.05, 3.63) is 34.7 Å². The van der Waals surface area contributed by atoms with Crippen molar-refractivity contribution in [2.24, 2.45) is 17.8 Å². The molecule has 4 aliphatic heterocycles. The van der Waals surface area contributed by atoms with Crippen LogP contribution in [0.5, 0.6) is 0 Å². The average Bonchev–Trinajstić information content (AvgIpc) is 3.49. The quantitative estimate of drug-likeness (QED) is 0.233. The van der Waals surface area contributed by atoms with Crippen molar-refractivity contribution in [2.45, 2.75) is 95.5 Å². The Morgan fingerprint density at radius 1 is 0.982 bits per heavy atom. The number of likely N-dealkylation sites (tertiary alicyclic amines) is 1. The van der Waals surface area contributed by atoms with Gasteiger partial charge < -0.3 is 34.0 Å². The standard InChI is InChI=1S/C38H49F3N5O9PS/c1-21(2)55-37(51)22(3)43-56(52,54-20-38(39,40)41)19-23-4-7-31-26(12-23)16-32(57-31)33(47)42-29-15-25-13-24(25)14-28-5-6-30(46(28)35(29)49)36(50)45-17-27(18-45)34(48)44-8-10-53-11-9-44/h4,7,12,16,21-22,24-25,27-30H,5-6,8-11,13-15,17-20H2,1-3H3,(H,42,47)(H,43,52)/t22-,24+,25-,28+,29-,30-,56?/m0/s1. The average molecular weight is 840 g/mol. The zero-order chi connectivity index (χ0) is 40.8. The molecule has 0 spiro atoms. The maximum atomic E-state index is 14.3. The first kappa shape index (κ1) is 41.6. The number of thiophene rings is 1. The summed E-state index contributed by atoms with van der Waals surface area (Å²) in [6.07, 6.45) is -2.30. The van der Waals surface area contributed by atoms with E-state index in [2.05, 4.69) is 10.4 Å². The second kappa shape index (κ2) is 16.6. The van der Waals surface area contributed by atoms with Crippen molar-refractivity contribution in [2.75, 3.05) is 46.0 Å². The molecule has 2 aromatic rings. The number of carbonyl (C=O) groups is 5. The Balaban J connectivity index is 1.02. The van der Waals surface area contributed by atoms with Gasteiger partial charge in [0.2, 0.25) is 17.7 Å². The number of carbonyl (C=O) groups excluding carboxylic acids is 5. The van der Waals surface area contributed by atoms with Gasteiger partial charge in [-0.25, -0.2) is 5.09 Å². The molecule has 1 saturated carbocycles. The lowest BCUT2D eigenvalue weighted by Crippen LogP contribution is -2.62. The van der Waals surface area contributed by atoms with E-state index in [0.717, 1.165) is 12.8 Å². The summed E-state index contributed by atoms with van der Waals surface area (Å²) in [5.41, 5.74) is 0.347. The number of amides is 4. The number of ether oxygens (including phenoxy) is 2. The van der Waals surface area contributed by atoms with Gasteiger partial charge in [0.15, 0.2) is 6.61 Å². The summed E-state index contributed by atoms with van der Waals surface area (Å²) in [6.45, 7) is 5.46. The molecule has 14 nitrogen and oxygen atoms in total. The summed E-state index contributed by atoms with van der Waals surface area (Å²) in [4.78, 5) is 72.7. The molecule has 5 fully saturated rings. The summed E-state index contributed by atoms with van der Waals surface area (Å²) in [7, 11) is -4.30. The van der Waals surface area contributed by atoms with Gasteiger partial charge in [-0.1, -0.05) is 6.07 Å². The Hall–Kier alpha value is -3.57. The van der Waals surface area contributed by atoms with E-state index in [1.165, 1.54) is 18.3 Å². The van der Waals surface area contributed by atoms with Crippen LogP contribution in [-0.2, 0) is 43.9 Å². The molecule has 2 N–H and O–H groups in total. The Morgan fingerprint density at radius 3 is 2.40 bits per heavy atom. The van der Waals surface area contributed by atoms with Crippen LogP contribution in [0.25, 0.3) is 10.1 Å². The molecule has 7 atom stereocenters. The van der Waals surface area contributed by atoms with E-state index in [1.807, 2.05) is 0 Å². The summed E-state index contributed by atoms with van der Waals surface area (Å²) >= 11 is 1.17. The number of nitrogens with one attached hydrogen (secondary N) is 2. The van der Waals surface area contributed by atoms with Crippen molar-refractivity contribution >= 4 is 58.5 Å². The summed E-state index contributed by atoms with van der Waals surface area (Å²) in [5, 5.41) is 5.95. The first-order valence-corrected chi connectivity index (χ1v) is 22.2. The maximum absolute atomic E-state index is 14.3. The molecule has 1 unspecified atom stereocenters. The van der Waals surface area contributed by atoms with Gasteiger partial charge in [-0.2, -0.15) is 13.2 Å². The molecule has 0 radical (unpaired) electrons. The highest BCUT2D eigenvalue weighted by molar-refractivity contribution is 7.56. The van der Waals surface area contributed by atoms with E-state index >= 15 is 0 Å². The Labute approximate surface area is 332 Å². The molecule has 1 aromatic heterocycles. The van der Waals surface area contributed by atoms with Crippen LogP contribution in [0.3, 0.4) is 0 Å². The van der Waals surface area contributed by atoms with Gasteiger partial charge in [0.05, 0.1) is 36.3 Å². The fraction of sp³-hybridized carbons (Fsp3) is 0.658. The Bertz CT molecular complexity index is 1930. The molecule has 1 aliphatic carbocycles. The minimum Gasteiger partial charge on any atom is -0.462 e. The Kier molecular flexibility index (Phi) is 12.1. The second-order valence-electron chi connectivity index (χ2n) is 16.2. The third-order valence-corrected chi connectivity index (χ3v) is 14.6. The zero-order valence-electron chi connectivity index (χ0n) is 32.1. The number of hydrogen-bond donors (Lipinski definition) is 2. The second-order valence-corrected chi connectivity index (χ2v) is 19.4. The lowest BCUT2D eigenvalue weighted by molar-refractivity contribution is -0.157. The number of alkyl halides is 3. The first-order chi connectivity index (χ1) is 27.0. The fourth-order valence-corrected chi connectivity index (χ4v) is 11.4. The molecule has 1 aromatic carbocycles. The topological polar surface area (TPSA) is 164 Å². The number of benzene rings is 1. The molecular formula is C38H49F3N5O9PS. The van der Waals surface area contributed by atoms with Crippen molar-refractivity contribution in [3.63, 3.8) is 0 Å². The molecule has 5 aliphatic rings. The van der Waals surface area contributed by atoms with E-state index in [0.29, 0.717) is 91.0 Å². The maximum Gasteiger partial charge on any atom is 0.412 e. The van der Waals surface area contributed by atoms with Crippen molar-refractivity contribution in [1.29, 1.82) is 0 Å². The highest BCUT2D eigenvalue weighted by atomic mass is 32.1. The predicted molar refractivity (Wildman–Crippen MR) is 202 cm³/mol. The minimum absolute atomic E-state index is 0.0244. The van der Waals surface area contributed by atoms with Crippen molar-refractivity contribution in [3.8, 4) is 0 Å². The smallest absolute Gasteiger partial charge is 0.412 e. The molecule has 19 heteroatoms. The van der Waals surface area contributed by atoms with E-state index in [9.17, 15) is 41.7 Å². The number of fused-ring (bicyclic) bond motifs is 3. The molecule has 57 heavy (non-hydrogen) atoms. The van der Waals surface area contributed by atoms with Crippen LogP contribution < -0.4 is 10.4 Å². The van der Waals surface area contributed by atoms with Crippen molar-refractivity contribution in [1.82, 2.24) is 25.1 Å². The summed E-state index contributed by atoms with van der Waals surface area (Å²) in [6, 6.07) is 3.60. The van der Waals surface area contributed by atoms with Crippen LogP contribution in [0.2, 0.25) is 0 Å². The number of morpholine rings is 1. The molecule has 4 amide bonds. The summed E-state index contributed by atoms with van der Waals surface area (Å²) < 4.78 is 69.2. The van der Waals surface area contributed by atoms with Crippen LogP contribution in [0.15, 0.2) is 24.3 Å². The lowest BCUT2D eigenvalue weighted by atomic mass is 9.96. The minimum atomic E-state index is -4.77. The highest BCUT2D eigenvalue weighted by Gasteiger charge is 2.53. The SMILES string of the molecule is CC(C)OC(=O)[C@H](C)NP(=O)(Cc1ccc2sc(C(=O)N[C@H]3C[C@@H]4C[C@@H]4C[C@H]4CC[C@@H](C(=O)N5CC(C(=O)N6CCOCC6)C5)N4C3=O)cc2c1)OCC(F)(F)F. The Morgan fingerprint density at radius 2 is 1.70 bits per heavy atom. The normalized spacial score (nSPS) is 26.8. The first-order valence-electron chi connectivity index (χ1n) is 19.6. The lowest BCUT2D eigenvalue weighted by Gasteiger charge is -2.44. The molecule has 0 bridgehead atoms. The number of nitrogens with zero attached hydrogens (tertiary/aromatic N) is 3. The van der Waals surface area contributed by atoms with Crippen molar-refractivity contribution < 1.29 is 55.7 Å². The van der Waals surface area contributed by atoms with Gasteiger partial charge >= 0.3 is 12.1 Å². The van der Waals surface area contributed by atoms with Gasteiger partial charge in [0.25, 0.3) is 13.4 Å². The van der Waals surface area contributed by atoms with Crippen LogP contribution in [0.4, 0.5) is 13.2 Å². The molecule has 5 heterocycles. The monoisotopic (exact) mass is 839 g/mol. The van der Waals surface area contributed by atoms with Gasteiger partial charge in [-0.15, -0.1) is 11.3 Å². The third kappa shape index (κ3) is 9.67. The van der Waals surface area contributed by atoms with E-state index in [1.54, 1.807) is 52.8 Å². The van der Waals surface area contributed by atoms with Crippen LogP contribution in [-0.4, -0.2) is 127 Å². The zero-order valence-corrected chi connectivity index (χ0v) is 33.8. The van der Waals surface area contributed by atoms with Crippen LogP contribution in [0.1, 0.15) is 68.1 Å².